The summed E-state index contributed by atoms with van der Waals surface area (Å²) in [6.45, 7) is 1.55. The van der Waals surface area contributed by atoms with E-state index in [-0.39, 0.29) is 17.4 Å². The number of hydrogen-bond donors (Lipinski definition) is 1. The highest BCUT2D eigenvalue weighted by atomic mass is 35.5. The molecule has 10 heteroatoms. The first kappa shape index (κ1) is 27.1. The van der Waals surface area contributed by atoms with Crippen molar-refractivity contribution in [1.29, 1.82) is 0 Å². The van der Waals surface area contributed by atoms with E-state index in [4.69, 9.17) is 27.9 Å². The standard InChI is InChI=1S/C27H26Cl2N2O5S/c1-2-36-26(33)27(15-16-27)20-7-11-22(12-8-20)30-25(32)18-31(17-19-5-3-4-6-24(19)29)37(34,35)23-13-9-21(28)10-14-23/h3-14H,2,15-18H2,1H3,(H,30,32). The van der Waals surface area contributed by atoms with Gasteiger partial charge in [0.05, 0.1) is 23.5 Å². The van der Waals surface area contributed by atoms with Crippen LogP contribution in [0.3, 0.4) is 0 Å². The van der Waals surface area contributed by atoms with Crippen molar-refractivity contribution >= 4 is 50.8 Å². The number of sulfonamides is 1. The lowest BCUT2D eigenvalue weighted by Crippen LogP contribution is -2.37. The van der Waals surface area contributed by atoms with Crippen LogP contribution in [0.2, 0.25) is 10.0 Å². The van der Waals surface area contributed by atoms with E-state index in [1.165, 1.54) is 24.3 Å². The Labute approximate surface area is 226 Å². The molecular weight excluding hydrogens is 535 g/mol. The zero-order valence-corrected chi connectivity index (χ0v) is 22.4. The molecule has 1 aliphatic rings. The van der Waals surface area contributed by atoms with Gasteiger partial charge in [-0.2, -0.15) is 4.31 Å². The molecule has 0 aliphatic heterocycles. The van der Waals surface area contributed by atoms with E-state index in [9.17, 15) is 18.0 Å². The maximum absolute atomic E-state index is 13.4. The predicted molar refractivity (Wildman–Crippen MR) is 143 cm³/mol. The molecule has 0 atom stereocenters. The minimum atomic E-state index is -4.05. The lowest BCUT2D eigenvalue weighted by atomic mass is 9.96. The van der Waals surface area contributed by atoms with Crippen molar-refractivity contribution in [2.24, 2.45) is 0 Å². The zero-order chi connectivity index (χ0) is 26.6. The van der Waals surface area contributed by atoms with Crippen molar-refractivity contribution in [2.45, 2.75) is 36.6 Å². The number of rotatable bonds is 10. The highest BCUT2D eigenvalue weighted by Gasteiger charge is 2.52. The number of nitrogens with one attached hydrogen (secondary N) is 1. The normalized spacial score (nSPS) is 14.3. The lowest BCUT2D eigenvalue weighted by molar-refractivity contribution is -0.146. The van der Waals surface area contributed by atoms with Crippen LogP contribution in [0.15, 0.2) is 77.7 Å². The Bertz CT molecular complexity index is 1390. The molecule has 1 N–H and O–H groups in total. The molecule has 7 nitrogen and oxygen atoms in total. The average molecular weight is 561 g/mol. The minimum absolute atomic E-state index is 0.00908. The summed E-state index contributed by atoms with van der Waals surface area (Å²) in [4.78, 5) is 25.3. The molecule has 0 spiro atoms. The molecule has 0 unspecified atom stereocenters. The third-order valence-electron chi connectivity index (χ3n) is 6.21. The number of hydrogen-bond acceptors (Lipinski definition) is 5. The fourth-order valence-corrected chi connectivity index (χ4v) is 5.73. The van der Waals surface area contributed by atoms with Gasteiger partial charge in [-0.3, -0.25) is 9.59 Å². The molecule has 37 heavy (non-hydrogen) atoms. The molecule has 1 fully saturated rings. The third kappa shape index (κ3) is 6.15. The van der Waals surface area contributed by atoms with Crippen LogP contribution < -0.4 is 5.32 Å². The van der Waals surface area contributed by atoms with Gasteiger partial charge in [-0.1, -0.05) is 53.5 Å². The highest BCUT2D eigenvalue weighted by molar-refractivity contribution is 7.89. The van der Waals surface area contributed by atoms with Crippen molar-refractivity contribution < 1.29 is 22.7 Å². The van der Waals surface area contributed by atoms with Gasteiger partial charge in [0.25, 0.3) is 0 Å². The summed E-state index contributed by atoms with van der Waals surface area (Å²) in [6, 6.07) is 19.6. The average Bonchev–Trinajstić information content (AvgIpc) is 3.68. The summed E-state index contributed by atoms with van der Waals surface area (Å²) in [5, 5.41) is 3.53. The number of nitrogens with zero attached hydrogens (tertiary/aromatic N) is 1. The number of halogens is 2. The summed E-state index contributed by atoms with van der Waals surface area (Å²) in [7, 11) is -4.05. The van der Waals surface area contributed by atoms with Crippen molar-refractivity contribution in [1.82, 2.24) is 4.31 Å². The van der Waals surface area contributed by atoms with Crippen LogP contribution in [0.5, 0.6) is 0 Å². The molecule has 0 bridgehead atoms. The van der Waals surface area contributed by atoms with E-state index < -0.39 is 27.9 Å². The molecule has 0 aromatic heterocycles. The molecule has 0 heterocycles. The first-order chi connectivity index (χ1) is 17.7. The Balaban J connectivity index is 1.52. The Morgan fingerprint density at radius 1 is 0.973 bits per heavy atom. The number of ether oxygens (including phenoxy) is 1. The maximum Gasteiger partial charge on any atom is 0.316 e. The van der Waals surface area contributed by atoms with Gasteiger partial charge in [0, 0.05) is 22.3 Å². The Hall–Kier alpha value is -2.91. The van der Waals surface area contributed by atoms with Crippen LogP contribution in [0, 0.1) is 0 Å². The lowest BCUT2D eigenvalue weighted by Gasteiger charge is -2.22. The maximum atomic E-state index is 13.4. The minimum Gasteiger partial charge on any atom is -0.465 e. The SMILES string of the molecule is CCOC(=O)C1(c2ccc(NC(=O)CN(Cc3ccccc3Cl)S(=O)(=O)c3ccc(Cl)cc3)cc2)CC1. The van der Waals surface area contributed by atoms with Gasteiger partial charge in [0.2, 0.25) is 15.9 Å². The van der Waals surface area contributed by atoms with Crippen LogP contribution in [0.25, 0.3) is 0 Å². The van der Waals surface area contributed by atoms with Gasteiger partial charge < -0.3 is 10.1 Å². The molecule has 3 aromatic carbocycles. The van der Waals surface area contributed by atoms with Gasteiger partial charge in [-0.05, 0) is 73.4 Å². The molecule has 1 saturated carbocycles. The van der Waals surface area contributed by atoms with E-state index in [1.807, 2.05) is 0 Å². The number of anilines is 1. The van der Waals surface area contributed by atoms with E-state index in [0.29, 0.717) is 27.9 Å². The predicted octanol–water partition coefficient (Wildman–Crippen LogP) is 5.42. The topological polar surface area (TPSA) is 92.8 Å². The van der Waals surface area contributed by atoms with Crippen molar-refractivity contribution in [3.8, 4) is 0 Å². The molecule has 0 saturated heterocycles. The molecule has 1 aliphatic carbocycles. The van der Waals surface area contributed by atoms with Gasteiger partial charge in [0.1, 0.15) is 0 Å². The van der Waals surface area contributed by atoms with E-state index in [2.05, 4.69) is 5.32 Å². The fraction of sp³-hybridized carbons (Fsp3) is 0.259. The molecule has 1 amide bonds. The summed E-state index contributed by atoms with van der Waals surface area (Å²) in [5.74, 6) is -0.765. The van der Waals surface area contributed by atoms with Crippen LogP contribution >= 0.6 is 23.2 Å². The Morgan fingerprint density at radius 2 is 1.62 bits per heavy atom. The van der Waals surface area contributed by atoms with Gasteiger partial charge in [0.15, 0.2) is 0 Å². The molecule has 0 radical (unpaired) electrons. The van der Waals surface area contributed by atoms with Gasteiger partial charge in [-0.25, -0.2) is 8.42 Å². The van der Waals surface area contributed by atoms with Crippen molar-refractivity contribution in [2.75, 3.05) is 18.5 Å². The first-order valence-corrected chi connectivity index (χ1v) is 13.9. The molecule has 194 valence electrons. The number of amides is 1. The van der Waals surface area contributed by atoms with Gasteiger partial charge in [-0.15, -0.1) is 0 Å². The van der Waals surface area contributed by atoms with Crippen LogP contribution in [0.1, 0.15) is 30.9 Å². The molecular formula is C27H26Cl2N2O5S. The summed E-state index contributed by atoms with van der Waals surface area (Å²) in [6.07, 6.45) is 1.44. The number of carbonyl (C=O) groups excluding carboxylic acids is 2. The highest BCUT2D eigenvalue weighted by Crippen LogP contribution is 2.49. The van der Waals surface area contributed by atoms with Crippen molar-refractivity contribution in [3.63, 3.8) is 0 Å². The van der Waals surface area contributed by atoms with Crippen LogP contribution in [0.4, 0.5) is 5.69 Å². The second-order valence-corrected chi connectivity index (χ2v) is 11.5. The fourth-order valence-electron chi connectivity index (χ4n) is 4.04. The largest absolute Gasteiger partial charge is 0.465 e. The van der Waals surface area contributed by atoms with E-state index in [1.54, 1.807) is 55.5 Å². The second kappa shape index (κ2) is 11.2. The molecule has 4 rings (SSSR count). The number of benzene rings is 3. The summed E-state index contributed by atoms with van der Waals surface area (Å²) < 4.78 is 33.2. The number of carbonyl (C=O) groups is 2. The number of esters is 1. The third-order valence-corrected chi connectivity index (χ3v) is 8.64. The smallest absolute Gasteiger partial charge is 0.316 e. The van der Waals surface area contributed by atoms with Gasteiger partial charge >= 0.3 is 5.97 Å². The monoisotopic (exact) mass is 560 g/mol. The Morgan fingerprint density at radius 3 is 2.22 bits per heavy atom. The second-order valence-electron chi connectivity index (χ2n) is 8.75. The quantitative estimate of drug-likeness (QED) is 0.334. The zero-order valence-electron chi connectivity index (χ0n) is 20.1. The molecule has 3 aromatic rings. The summed E-state index contributed by atoms with van der Waals surface area (Å²) in [5.41, 5.74) is 1.26. The van der Waals surface area contributed by atoms with E-state index >= 15 is 0 Å². The van der Waals surface area contributed by atoms with Crippen LogP contribution in [-0.4, -0.2) is 37.8 Å². The first-order valence-electron chi connectivity index (χ1n) is 11.7. The van der Waals surface area contributed by atoms with Crippen LogP contribution in [-0.2, 0) is 36.3 Å². The van der Waals surface area contributed by atoms with E-state index in [0.717, 1.165) is 22.7 Å². The Kier molecular flexibility index (Phi) is 8.23. The summed E-state index contributed by atoms with van der Waals surface area (Å²) >= 11 is 12.2. The van der Waals surface area contributed by atoms with Crippen molar-refractivity contribution in [3.05, 3.63) is 94.0 Å².